The van der Waals surface area contributed by atoms with Crippen LogP contribution in [0.25, 0.3) is 0 Å². The van der Waals surface area contributed by atoms with Gasteiger partial charge in [0.1, 0.15) is 0 Å². The first-order chi connectivity index (χ1) is 5.95. The van der Waals surface area contributed by atoms with Crippen LogP contribution in [0.1, 0.15) is 29.4 Å². The molecule has 1 aliphatic carbocycles. The van der Waals surface area contributed by atoms with E-state index in [-0.39, 0.29) is 0 Å². The zero-order chi connectivity index (χ0) is 7.97. The monoisotopic (exact) mass is 159 g/mol. The summed E-state index contributed by atoms with van der Waals surface area (Å²) in [6, 6.07) is 8.93. The minimum absolute atomic E-state index is 0.806. The summed E-state index contributed by atoms with van der Waals surface area (Å²) in [5.41, 5.74) is 3.21. The molecule has 1 aromatic rings. The molecule has 1 N–H and O–H groups in total. The molecule has 1 heteroatoms. The van der Waals surface area contributed by atoms with Crippen LogP contribution in [0.4, 0.5) is 0 Å². The molecule has 2 bridgehead atoms. The Bertz CT molecular complexity index is 277. The molecule has 62 valence electrons. The van der Waals surface area contributed by atoms with Crippen LogP contribution >= 0.6 is 0 Å². The molecule has 0 saturated carbocycles. The van der Waals surface area contributed by atoms with Crippen LogP contribution in [-0.2, 0) is 0 Å². The SMILES string of the molecule is c1ccc2c(c1)[C@@H]1CNC[C@@H]2C1. The fourth-order valence-electron chi connectivity index (χ4n) is 2.67. The van der Waals surface area contributed by atoms with Crippen molar-refractivity contribution in [3.05, 3.63) is 35.4 Å². The lowest BCUT2D eigenvalue weighted by Crippen LogP contribution is -2.28. The summed E-state index contributed by atoms with van der Waals surface area (Å²) >= 11 is 0. The van der Waals surface area contributed by atoms with Crippen molar-refractivity contribution in [3.63, 3.8) is 0 Å². The molecule has 0 aromatic heterocycles. The quantitative estimate of drug-likeness (QED) is 0.609. The maximum Gasteiger partial charge on any atom is 0.00207 e. The standard InChI is InChI=1S/C11H13N/c1-2-4-11-9-5-8(6-12-7-9)10(11)3-1/h1-4,8-9,12H,5-7H2/t8-,9-/m0/s1. The van der Waals surface area contributed by atoms with Crippen LogP contribution < -0.4 is 5.32 Å². The third-order valence-electron chi connectivity index (χ3n) is 3.23. The second-order valence-electron chi connectivity index (χ2n) is 3.92. The van der Waals surface area contributed by atoms with E-state index in [0.717, 1.165) is 11.8 Å². The number of piperidine rings is 1. The van der Waals surface area contributed by atoms with Gasteiger partial charge in [-0.05, 0) is 29.4 Å². The normalized spacial score (nSPS) is 31.7. The summed E-state index contributed by atoms with van der Waals surface area (Å²) in [6.07, 6.45) is 1.38. The lowest BCUT2D eigenvalue weighted by Gasteiger charge is -2.19. The molecule has 2 atom stereocenters. The predicted octanol–water partition coefficient (Wildman–Crippen LogP) is 1.86. The fourth-order valence-corrected chi connectivity index (χ4v) is 2.67. The minimum Gasteiger partial charge on any atom is -0.316 e. The summed E-state index contributed by atoms with van der Waals surface area (Å²) in [4.78, 5) is 0. The van der Waals surface area contributed by atoms with Crippen LogP contribution in [0.3, 0.4) is 0 Å². The number of benzene rings is 1. The van der Waals surface area contributed by atoms with Gasteiger partial charge in [-0.2, -0.15) is 0 Å². The third-order valence-corrected chi connectivity index (χ3v) is 3.23. The Balaban J connectivity index is 2.16. The molecule has 1 aromatic carbocycles. The summed E-state index contributed by atoms with van der Waals surface area (Å²) in [5, 5.41) is 3.49. The van der Waals surface area contributed by atoms with Crippen LogP contribution in [0.15, 0.2) is 24.3 Å². The molecule has 1 fully saturated rings. The highest BCUT2D eigenvalue weighted by Gasteiger charge is 2.33. The lowest BCUT2D eigenvalue weighted by molar-refractivity contribution is 0.454. The smallest absolute Gasteiger partial charge is 0.00207 e. The molecule has 1 saturated heterocycles. The number of nitrogens with one attached hydrogen (secondary N) is 1. The van der Waals surface area contributed by atoms with E-state index < -0.39 is 0 Å². The van der Waals surface area contributed by atoms with E-state index in [4.69, 9.17) is 0 Å². The summed E-state index contributed by atoms with van der Waals surface area (Å²) in [6.45, 7) is 2.38. The second-order valence-corrected chi connectivity index (χ2v) is 3.92. The van der Waals surface area contributed by atoms with E-state index in [1.807, 2.05) is 0 Å². The molecule has 0 unspecified atom stereocenters. The summed E-state index contributed by atoms with van der Waals surface area (Å²) in [7, 11) is 0. The molecule has 3 rings (SSSR count). The molecule has 0 spiro atoms. The van der Waals surface area contributed by atoms with Crippen molar-refractivity contribution in [2.45, 2.75) is 18.3 Å². The topological polar surface area (TPSA) is 12.0 Å². The van der Waals surface area contributed by atoms with E-state index in [9.17, 15) is 0 Å². The van der Waals surface area contributed by atoms with E-state index in [1.165, 1.54) is 19.5 Å². The van der Waals surface area contributed by atoms with Crippen LogP contribution in [0.5, 0.6) is 0 Å². The van der Waals surface area contributed by atoms with Gasteiger partial charge >= 0.3 is 0 Å². The van der Waals surface area contributed by atoms with Gasteiger partial charge < -0.3 is 5.32 Å². The maximum absolute atomic E-state index is 3.49. The van der Waals surface area contributed by atoms with Crippen LogP contribution in [0, 0.1) is 0 Å². The largest absolute Gasteiger partial charge is 0.316 e. The average Bonchev–Trinajstić information content (AvgIpc) is 2.41. The molecule has 0 radical (unpaired) electrons. The average molecular weight is 159 g/mol. The van der Waals surface area contributed by atoms with Crippen molar-refractivity contribution in [3.8, 4) is 0 Å². The second kappa shape index (κ2) is 2.33. The van der Waals surface area contributed by atoms with E-state index >= 15 is 0 Å². The van der Waals surface area contributed by atoms with Gasteiger partial charge in [-0.3, -0.25) is 0 Å². The van der Waals surface area contributed by atoms with Crippen molar-refractivity contribution in [2.24, 2.45) is 0 Å². The maximum atomic E-state index is 3.49. The zero-order valence-corrected chi connectivity index (χ0v) is 7.09. The van der Waals surface area contributed by atoms with Gasteiger partial charge in [0.2, 0.25) is 0 Å². The van der Waals surface area contributed by atoms with Crippen molar-refractivity contribution >= 4 is 0 Å². The van der Waals surface area contributed by atoms with E-state index in [1.54, 1.807) is 11.1 Å². The van der Waals surface area contributed by atoms with Gasteiger partial charge in [0.15, 0.2) is 0 Å². The van der Waals surface area contributed by atoms with Crippen molar-refractivity contribution in [1.82, 2.24) is 5.32 Å². The molecule has 2 aliphatic rings. The van der Waals surface area contributed by atoms with Crippen molar-refractivity contribution in [1.29, 1.82) is 0 Å². The summed E-state index contributed by atoms with van der Waals surface area (Å²) < 4.78 is 0. The first-order valence-corrected chi connectivity index (χ1v) is 4.74. The number of hydrogen-bond donors (Lipinski definition) is 1. The Morgan fingerprint density at radius 3 is 2.17 bits per heavy atom. The van der Waals surface area contributed by atoms with Gasteiger partial charge in [-0.15, -0.1) is 0 Å². The Morgan fingerprint density at radius 2 is 1.58 bits per heavy atom. The van der Waals surface area contributed by atoms with Crippen LogP contribution in [0.2, 0.25) is 0 Å². The van der Waals surface area contributed by atoms with Gasteiger partial charge in [0, 0.05) is 13.1 Å². The number of rotatable bonds is 0. The Morgan fingerprint density at radius 1 is 1.00 bits per heavy atom. The minimum atomic E-state index is 0.806. The lowest BCUT2D eigenvalue weighted by atomic mass is 9.98. The highest BCUT2D eigenvalue weighted by atomic mass is 14.9. The van der Waals surface area contributed by atoms with E-state index in [0.29, 0.717) is 0 Å². The zero-order valence-electron chi connectivity index (χ0n) is 7.09. The van der Waals surface area contributed by atoms with Gasteiger partial charge in [0.25, 0.3) is 0 Å². The fraction of sp³-hybridized carbons (Fsp3) is 0.455. The van der Waals surface area contributed by atoms with Crippen LogP contribution in [-0.4, -0.2) is 13.1 Å². The van der Waals surface area contributed by atoms with E-state index in [2.05, 4.69) is 29.6 Å². The first-order valence-electron chi connectivity index (χ1n) is 4.74. The highest BCUT2D eigenvalue weighted by molar-refractivity contribution is 5.40. The summed E-state index contributed by atoms with van der Waals surface area (Å²) in [5.74, 6) is 1.61. The van der Waals surface area contributed by atoms with Crippen molar-refractivity contribution < 1.29 is 0 Å². The molecular formula is C11H13N. The predicted molar refractivity (Wildman–Crippen MR) is 49.4 cm³/mol. The van der Waals surface area contributed by atoms with Gasteiger partial charge in [-0.1, -0.05) is 24.3 Å². The Hall–Kier alpha value is -0.820. The van der Waals surface area contributed by atoms with Gasteiger partial charge in [-0.25, -0.2) is 0 Å². The highest BCUT2D eigenvalue weighted by Crippen LogP contribution is 2.42. The first kappa shape index (κ1) is 6.67. The Kier molecular flexibility index (Phi) is 1.30. The molecule has 1 heterocycles. The molecule has 1 nitrogen and oxygen atoms in total. The number of hydrogen-bond acceptors (Lipinski definition) is 1. The van der Waals surface area contributed by atoms with Gasteiger partial charge in [0.05, 0.1) is 0 Å². The molecule has 1 aliphatic heterocycles. The molecular weight excluding hydrogens is 146 g/mol. The van der Waals surface area contributed by atoms with Crippen molar-refractivity contribution in [2.75, 3.05) is 13.1 Å². The third kappa shape index (κ3) is 0.774. The molecule has 0 amide bonds. The number of fused-ring (bicyclic) bond motifs is 5. The molecule has 12 heavy (non-hydrogen) atoms. The Labute approximate surface area is 72.8 Å².